The van der Waals surface area contributed by atoms with Gasteiger partial charge in [0.15, 0.2) is 0 Å². The molecule has 9 nitrogen and oxygen atoms in total. The number of likely N-dealkylation sites (N-methyl/N-ethyl adjacent to an activating group) is 1. The fourth-order valence-electron chi connectivity index (χ4n) is 3.08. The maximum absolute atomic E-state index is 12.7. The van der Waals surface area contributed by atoms with E-state index in [4.69, 9.17) is 5.84 Å². The smallest absolute Gasteiger partial charge is 0.271 e. The van der Waals surface area contributed by atoms with Crippen LogP contribution < -0.4 is 5.84 Å². The van der Waals surface area contributed by atoms with Crippen LogP contribution >= 0.6 is 11.8 Å². The number of hydrogen-bond acceptors (Lipinski definition) is 7. The third-order valence-corrected chi connectivity index (χ3v) is 5.65. The standard InChI is InChI=1S/C16H26N8OS/c1-5-21-6-8-22(9-7-21)14(25)13(4)26-16-19-18-15(23(16)17)24-12(3)10-11(2)20-24/h10,13H,5-9,17H2,1-4H3. The molecule has 1 aliphatic heterocycles. The van der Waals surface area contributed by atoms with Crippen LogP contribution in [0.2, 0.25) is 0 Å². The second-order valence-electron chi connectivity index (χ2n) is 6.51. The van der Waals surface area contributed by atoms with Crippen LogP contribution in [0.1, 0.15) is 25.2 Å². The highest BCUT2D eigenvalue weighted by Crippen LogP contribution is 2.24. The maximum Gasteiger partial charge on any atom is 0.271 e. The van der Waals surface area contributed by atoms with Gasteiger partial charge in [-0.3, -0.25) is 4.79 Å². The maximum atomic E-state index is 12.7. The summed E-state index contributed by atoms with van der Waals surface area (Å²) in [5.74, 6) is 6.71. The molecule has 0 spiro atoms. The molecular formula is C16H26N8OS. The molecule has 10 heteroatoms. The molecule has 1 fully saturated rings. The van der Waals surface area contributed by atoms with Crippen LogP contribution in [0.4, 0.5) is 0 Å². The zero-order valence-corrected chi connectivity index (χ0v) is 16.5. The first-order chi connectivity index (χ1) is 12.4. The largest absolute Gasteiger partial charge is 0.339 e. The van der Waals surface area contributed by atoms with Crippen molar-refractivity contribution in [2.45, 2.75) is 38.1 Å². The number of rotatable bonds is 5. The molecular weight excluding hydrogens is 352 g/mol. The number of carbonyl (C=O) groups is 1. The van der Waals surface area contributed by atoms with Crippen molar-refractivity contribution in [2.24, 2.45) is 0 Å². The lowest BCUT2D eigenvalue weighted by molar-refractivity contribution is -0.132. The van der Waals surface area contributed by atoms with Crippen molar-refractivity contribution in [3.63, 3.8) is 0 Å². The Morgan fingerprint density at radius 2 is 1.96 bits per heavy atom. The minimum absolute atomic E-state index is 0.112. The van der Waals surface area contributed by atoms with Crippen molar-refractivity contribution in [2.75, 3.05) is 38.6 Å². The minimum atomic E-state index is -0.275. The first kappa shape index (κ1) is 18.7. The van der Waals surface area contributed by atoms with Gasteiger partial charge in [-0.1, -0.05) is 18.7 Å². The molecule has 0 bridgehead atoms. The Morgan fingerprint density at radius 1 is 1.27 bits per heavy atom. The van der Waals surface area contributed by atoms with Crippen LogP contribution in [0, 0.1) is 13.8 Å². The van der Waals surface area contributed by atoms with Gasteiger partial charge >= 0.3 is 0 Å². The lowest BCUT2D eigenvalue weighted by Crippen LogP contribution is -2.50. The first-order valence-electron chi connectivity index (χ1n) is 8.82. The highest BCUT2D eigenvalue weighted by atomic mass is 32.2. The third-order valence-electron chi connectivity index (χ3n) is 4.61. The Kier molecular flexibility index (Phi) is 5.52. The summed E-state index contributed by atoms with van der Waals surface area (Å²) in [6.45, 7) is 12.3. The van der Waals surface area contributed by atoms with E-state index in [9.17, 15) is 4.79 Å². The van der Waals surface area contributed by atoms with Crippen molar-refractivity contribution >= 4 is 17.7 Å². The average molecular weight is 379 g/mol. The summed E-state index contributed by atoms with van der Waals surface area (Å²) in [6, 6.07) is 1.95. The molecule has 1 aliphatic rings. The van der Waals surface area contributed by atoms with Gasteiger partial charge in [-0.05, 0) is 33.4 Å². The Bertz CT molecular complexity index is 777. The second kappa shape index (κ2) is 7.67. The molecule has 1 atom stereocenters. The van der Waals surface area contributed by atoms with Gasteiger partial charge in [0.1, 0.15) is 0 Å². The Hall–Kier alpha value is -2.07. The van der Waals surface area contributed by atoms with Crippen molar-refractivity contribution in [1.82, 2.24) is 34.5 Å². The highest BCUT2D eigenvalue weighted by Gasteiger charge is 2.27. The number of hydrogen-bond donors (Lipinski definition) is 1. The zero-order chi connectivity index (χ0) is 18.8. The Labute approximate surface area is 157 Å². The number of nitrogen functional groups attached to an aromatic ring is 1. The Morgan fingerprint density at radius 3 is 2.54 bits per heavy atom. The molecule has 1 amide bonds. The molecule has 2 N–H and O–H groups in total. The summed E-state index contributed by atoms with van der Waals surface area (Å²) in [4.78, 5) is 17.0. The van der Waals surface area contributed by atoms with Crippen LogP contribution in [0.5, 0.6) is 0 Å². The summed E-state index contributed by atoms with van der Waals surface area (Å²) in [5.41, 5.74) is 1.81. The van der Waals surface area contributed by atoms with Gasteiger partial charge in [-0.25, -0.2) is 9.36 Å². The number of piperazine rings is 1. The summed E-state index contributed by atoms with van der Waals surface area (Å²) in [6.07, 6.45) is 0. The normalized spacial score (nSPS) is 16.8. The van der Waals surface area contributed by atoms with Crippen molar-refractivity contribution < 1.29 is 4.79 Å². The molecule has 1 saturated heterocycles. The van der Waals surface area contributed by atoms with E-state index in [-0.39, 0.29) is 11.2 Å². The first-order valence-corrected chi connectivity index (χ1v) is 9.70. The molecule has 26 heavy (non-hydrogen) atoms. The van der Waals surface area contributed by atoms with E-state index in [1.165, 1.54) is 16.4 Å². The molecule has 2 aromatic rings. The summed E-state index contributed by atoms with van der Waals surface area (Å²) in [7, 11) is 0. The van der Waals surface area contributed by atoms with Crippen molar-refractivity contribution in [1.29, 1.82) is 0 Å². The van der Waals surface area contributed by atoms with Gasteiger partial charge in [0.05, 0.1) is 10.9 Å². The molecule has 0 aromatic carbocycles. The van der Waals surface area contributed by atoms with Gasteiger partial charge in [0.2, 0.25) is 11.1 Å². The van der Waals surface area contributed by atoms with Crippen LogP contribution in [0.3, 0.4) is 0 Å². The number of thioether (sulfide) groups is 1. The predicted octanol–water partition coefficient (Wildman–Crippen LogP) is 0.439. The highest BCUT2D eigenvalue weighted by molar-refractivity contribution is 8.00. The number of aromatic nitrogens is 5. The lowest BCUT2D eigenvalue weighted by Gasteiger charge is -2.35. The molecule has 0 aliphatic carbocycles. The fraction of sp³-hybridized carbons (Fsp3) is 0.625. The Balaban J connectivity index is 1.67. The number of nitrogens with zero attached hydrogens (tertiary/aromatic N) is 7. The summed E-state index contributed by atoms with van der Waals surface area (Å²) in [5, 5.41) is 12.9. The molecule has 142 valence electrons. The lowest BCUT2D eigenvalue weighted by atomic mass is 10.3. The fourth-order valence-corrected chi connectivity index (χ4v) is 3.92. The predicted molar refractivity (Wildman–Crippen MR) is 101 cm³/mol. The van der Waals surface area contributed by atoms with Crippen LogP contribution in [-0.2, 0) is 4.79 Å². The minimum Gasteiger partial charge on any atom is -0.339 e. The second-order valence-corrected chi connectivity index (χ2v) is 7.82. The van der Waals surface area contributed by atoms with E-state index in [0.717, 1.165) is 44.1 Å². The average Bonchev–Trinajstić information content (AvgIpc) is 3.15. The quantitative estimate of drug-likeness (QED) is 0.595. The SMILES string of the molecule is CCN1CCN(C(=O)C(C)Sc2nnc(-n3nc(C)cc3C)n2N)CC1. The van der Waals surface area contributed by atoms with Crippen LogP contribution in [-0.4, -0.2) is 78.3 Å². The van der Waals surface area contributed by atoms with Gasteiger partial charge in [-0.15, -0.1) is 10.2 Å². The van der Waals surface area contributed by atoms with E-state index >= 15 is 0 Å². The third kappa shape index (κ3) is 3.70. The number of nitrogens with two attached hydrogens (primary N) is 1. The molecule has 0 radical (unpaired) electrons. The van der Waals surface area contributed by atoms with Gasteiger partial charge in [-0.2, -0.15) is 5.10 Å². The molecule has 1 unspecified atom stereocenters. The zero-order valence-electron chi connectivity index (χ0n) is 15.7. The van der Waals surface area contributed by atoms with Gasteiger partial charge in [0, 0.05) is 31.9 Å². The van der Waals surface area contributed by atoms with E-state index in [2.05, 4.69) is 27.1 Å². The van der Waals surface area contributed by atoms with Gasteiger partial charge in [0.25, 0.3) is 5.95 Å². The van der Waals surface area contributed by atoms with E-state index in [1.54, 1.807) is 4.68 Å². The molecule has 2 aromatic heterocycles. The van der Waals surface area contributed by atoms with Crippen molar-refractivity contribution in [3.05, 3.63) is 17.5 Å². The monoisotopic (exact) mass is 378 g/mol. The van der Waals surface area contributed by atoms with E-state index in [0.29, 0.717) is 11.1 Å². The van der Waals surface area contributed by atoms with Crippen molar-refractivity contribution in [3.8, 4) is 5.95 Å². The van der Waals surface area contributed by atoms with Crippen LogP contribution in [0.25, 0.3) is 5.95 Å². The summed E-state index contributed by atoms with van der Waals surface area (Å²) < 4.78 is 3.05. The van der Waals surface area contributed by atoms with Gasteiger partial charge < -0.3 is 15.6 Å². The number of aryl methyl sites for hydroxylation is 2. The molecule has 3 rings (SSSR count). The number of carbonyl (C=O) groups excluding carboxylic acids is 1. The topological polar surface area (TPSA) is 98.1 Å². The molecule has 3 heterocycles. The van der Waals surface area contributed by atoms with E-state index < -0.39 is 0 Å². The van der Waals surface area contributed by atoms with Crippen LogP contribution in [0.15, 0.2) is 11.2 Å². The molecule has 0 saturated carbocycles. The van der Waals surface area contributed by atoms with E-state index in [1.807, 2.05) is 31.7 Å². The summed E-state index contributed by atoms with van der Waals surface area (Å²) >= 11 is 1.33. The number of amides is 1.